The molecule has 2 heterocycles. The molecule has 2 aliphatic carbocycles. The summed E-state index contributed by atoms with van der Waals surface area (Å²) in [7, 11) is 0. The van der Waals surface area contributed by atoms with E-state index in [1.54, 1.807) is 6.20 Å². The molecule has 1 aliphatic heterocycles. The van der Waals surface area contributed by atoms with Crippen LogP contribution in [0.4, 0.5) is 0 Å². The highest BCUT2D eigenvalue weighted by Crippen LogP contribution is 2.56. The molecular weight excluding hydrogens is 312 g/mol. The van der Waals surface area contributed by atoms with E-state index < -0.39 is 0 Å². The minimum atomic E-state index is -0.0269. The van der Waals surface area contributed by atoms with Gasteiger partial charge in [-0.25, -0.2) is 0 Å². The van der Waals surface area contributed by atoms with E-state index in [2.05, 4.69) is 23.8 Å². The first-order valence-electron chi connectivity index (χ1n) is 9.54. The fourth-order valence-electron chi connectivity index (χ4n) is 5.36. The number of carbonyl (C=O) groups is 1. The van der Waals surface area contributed by atoms with Gasteiger partial charge in [-0.3, -0.25) is 9.78 Å². The summed E-state index contributed by atoms with van der Waals surface area (Å²) in [6.45, 7) is 8.15. The molecule has 0 aromatic carbocycles. The van der Waals surface area contributed by atoms with Crippen LogP contribution in [0.5, 0.6) is 0 Å². The van der Waals surface area contributed by atoms with Crippen molar-refractivity contribution in [1.29, 1.82) is 0 Å². The highest BCUT2D eigenvalue weighted by molar-refractivity contribution is 5.75. The molecule has 1 N–H and O–H groups in total. The highest BCUT2D eigenvalue weighted by atomic mass is 16.6. The van der Waals surface area contributed by atoms with Crippen LogP contribution in [0.15, 0.2) is 36.7 Å². The van der Waals surface area contributed by atoms with Crippen molar-refractivity contribution in [2.75, 3.05) is 6.54 Å². The van der Waals surface area contributed by atoms with Crippen LogP contribution in [0, 0.1) is 23.2 Å². The van der Waals surface area contributed by atoms with Gasteiger partial charge in [0.2, 0.25) is 0 Å². The van der Waals surface area contributed by atoms with Crippen LogP contribution < -0.4 is 5.32 Å². The van der Waals surface area contributed by atoms with E-state index in [0.29, 0.717) is 18.4 Å². The molecule has 3 fully saturated rings. The van der Waals surface area contributed by atoms with E-state index in [9.17, 15) is 4.79 Å². The van der Waals surface area contributed by atoms with E-state index >= 15 is 0 Å². The zero-order valence-corrected chi connectivity index (χ0v) is 15.0. The SMILES string of the molecule is C=C1CCC[C@]2(C)C[C@H]3OC(=O)[C@@H](CNCc4cccnc4)[C@@H]3C[C@H]12. The number of hydrogen-bond acceptors (Lipinski definition) is 4. The van der Waals surface area contributed by atoms with Crippen LogP contribution in [0.3, 0.4) is 0 Å². The number of nitrogens with one attached hydrogen (secondary N) is 1. The number of rotatable bonds is 4. The molecule has 25 heavy (non-hydrogen) atoms. The third-order valence-electron chi connectivity index (χ3n) is 6.74. The Kier molecular flexibility index (Phi) is 4.40. The van der Waals surface area contributed by atoms with Crippen molar-refractivity contribution >= 4 is 5.97 Å². The van der Waals surface area contributed by atoms with Crippen LogP contribution in [0.2, 0.25) is 0 Å². The Bertz CT molecular complexity index is 659. The third-order valence-corrected chi connectivity index (χ3v) is 6.74. The lowest BCUT2D eigenvalue weighted by molar-refractivity contribution is -0.146. The number of aromatic nitrogens is 1. The zero-order valence-electron chi connectivity index (χ0n) is 15.0. The summed E-state index contributed by atoms with van der Waals surface area (Å²) in [5.41, 5.74) is 2.81. The molecule has 2 saturated carbocycles. The lowest BCUT2D eigenvalue weighted by Gasteiger charge is -2.50. The van der Waals surface area contributed by atoms with Gasteiger partial charge in [-0.1, -0.05) is 25.1 Å². The monoisotopic (exact) mass is 340 g/mol. The van der Waals surface area contributed by atoms with Crippen molar-refractivity contribution in [3.05, 3.63) is 42.2 Å². The lowest BCUT2D eigenvalue weighted by Crippen LogP contribution is -2.45. The van der Waals surface area contributed by atoms with Gasteiger partial charge in [0, 0.05) is 31.4 Å². The summed E-state index contributed by atoms with van der Waals surface area (Å²) in [6, 6.07) is 3.99. The Morgan fingerprint density at radius 3 is 3.16 bits per heavy atom. The molecule has 134 valence electrons. The van der Waals surface area contributed by atoms with Gasteiger partial charge in [-0.05, 0) is 55.1 Å². The second kappa shape index (κ2) is 6.56. The Morgan fingerprint density at radius 1 is 1.48 bits per heavy atom. The van der Waals surface area contributed by atoms with Crippen molar-refractivity contribution in [3.8, 4) is 0 Å². The third kappa shape index (κ3) is 3.12. The Labute approximate surface area is 150 Å². The second-order valence-electron chi connectivity index (χ2n) is 8.40. The maximum atomic E-state index is 12.5. The summed E-state index contributed by atoms with van der Waals surface area (Å²) in [6.07, 6.45) is 9.42. The standard InChI is InChI=1S/C21H28N2O2/c1-14-5-3-7-21(2)10-19-16(9-18(14)21)17(20(24)25-19)13-23-12-15-6-4-8-22-11-15/h4,6,8,11,16-19,23H,1,3,5,7,9-10,12-13H2,2H3/t16-,17-,18+,19+,21+/m0/s1. The summed E-state index contributed by atoms with van der Waals surface area (Å²) >= 11 is 0. The van der Waals surface area contributed by atoms with Crippen molar-refractivity contribution in [2.24, 2.45) is 23.2 Å². The molecule has 1 saturated heterocycles. The molecule has 5 atom stereocenters. The fourth-order valence-corrected chi connectivity index (χ4v) is 5.36. The summed E-state index contributed by atoms with van der Waals surface area (Å²) in [5, 5.41) is 3.44. The number of ether oxygens (including phenoxy) is 1. The smallest absolute Gasteiger partial charge is 0.310 e. The molecule has 0 amide bonds. The Hall–Kier alpha value is -1.68. The number of pyridine rings is 1. The van der Waals surface area contributed by atoms with Gasteiger partial charge in [-0.15, -0.1) is 0 Å². The van der Waals surface area contributed by atoms with Gasteiger partial charge in [0.05, 0.1) is 5.92 Å². The van der Waals surface area contributed by atoms with Crippen LogP contribution in [0.25, 0.3) is 0 Å². The molecule has 0 radical (unpaired) electrons. The molecule has 0 bridgehead atoms. The molecule has 0 spiro atoms. The predicted molar refractivity (Wildman–Crippen MR) is 96.6 cm³/mol. The van der Waals surface area contributed by atoms with Crippen molar-refractivity contribution in [3.63, 3.8) is 0 Å². The van der Waals surface area contributed by atoms with Gasteiger partial charge >= 0.3 is 5.97 Å². The number of hydrogen-bond donors (Lipinski definition) is 1. The van der Waals surface area contributed by atoms with Crippen LogP contribution >= 0.6 is 0 Å². The Morgan fingerprint density at radius 2 is 2.36 bits per heavy atom. The summed E-state index contributed by atoms with van der Waals surface area (Å²) in [4.78, 5) is 16.6. The number of allylic oxidation sites excluding steroid dienone is 1. The van der Waals surface area contributed by atoms with Gasteiger partial charge in [-0.2, -0.15) is 0 Å². The predicted octanol–water partition coefficient (Wildman–Crippen LogP) is 3.49. The molecule has 3 aliphatic rings. The van der Waals surface area contributed by atoms with Gasteiger partial charge in [0.15, 0.2) is 0 Å². The summed E-state index contributed by atoms with van der Waals surface area (Å²) < 4.78 is 5.81. The largest absolute Gasteiger partial charge is 0.462 e. The topological polar surface area (TPSA) is 51.2 Å². The maximum absolute atomic E-state index is 12.5. The van der Waals surface area contributed by atoms with Gasteiger partial charge in [0.25, 0.3) is 0 Å². The minimum Gasteiger partial charge on any atom is -0.462 e. The number of fused-ring (bicyclic) bond motifs is 2. The van der Waals surface area contributed by atoms with Crippen molar-refractivity contribution < 1.29 is 9.53 Å². The van der Waals surface area contributed by atoms with Crippen molar-refractivity contribution in [2.45, 2.75) is 51.7 Å². The first-order chi connectivity index (χ1) is 12.1. The maximum Gasteiger partial charge on any atom is 0.310 e. The van der Waals surface area contributed by atoms with Crippen molar-refractivity contribution in [1.82, 2.24) is 10.3 Å². The van der Waals surface area contributed by atoms with Crippen LogP contribution in [-0.2, 0) is 16.1 Å². The second-order valence-corrected chi connectivity index (χ2v) is 8.40. The van der Waals surface area contributed by atoms with Gasteiger partial charge in [0.1, 0.15) is 6.10 Å². The molecule has 1 aromatic rings. The molecule has 4 heteroatoms. The highest BCUT2D eigenvalue weighted by Gasteiger charge is 2.54. The number of esters is 1. The van der Waals surface area contributed by atoms with E-state index in [0.717, 1.165) is 31.4 Å². The first-order valence-corrected chi connectivity index (χ1v) is 9.54. The van der Waals surface area contributed by atoms with E-state index in [4.69, 9.17) is 4.74 Å². The normalized spacial score (nSPS) is 37.3. The number of carbonyl (C=O) groups excluding carboxylic acids is 1. The molecule has 1 aromatic heterocycles. The quantitative estimate of drug-likeness (QED) is 0.673. The Balaban J connectivity index is 1.42. The van der Waals surface area contributed by atoms with Gasteiger partial charge < -0.3 is 10.1 Å². The minimum absolute atomic E-state index is 0.0125. The lowest BCUT2D eigenvalue weighted by atomic mass is 9.55. The van der Waals surface area contributed by atoms with Crippen LogP contribution in [-0.4, -0.2) is 23.6 Å². The molecule has 0 unspecified atom stereocenters. The van der Waals surface area contributed by atoms with Crippen LogP contribution in [0.1, 0.15) is 44.6 Å². The summed E-state index contributed by atoms with van der Waals surface area (Å²) in [5.74, 6) is 0.849. The zero-order chi connectivity index (χ0) is 17.4. The fraction of sp³-hybridized carbons (Fsp3) is 0.619. The molecule has 4 rings (SSSR count). The molecular formula is C21H28N2O2. The number of nitrogens with zero attached hydrogens (tertiary/aromatic N) is 1. The molecule has 4 nitrogen and oxygen atoms in total. The average Bonchev–Trinajstić information content (AvgIpc) is 2.88. The average molecular weight is 340 g/mol. The van der Waals surface area contributed by atoms with E-state index in [-0.39, 0.29) is 23.4 Å². The first kappa shape index (κ1) is 16.8. The van der Waals surface area contributed by atoms with E-state index in [1.165, 1.54) is 18.4 Å². The van der Waals surface area contributed by atoms with E-state index in [1.807, 2.05) is 18.3 Å².